The van der Waals surface area contributed by atoms with Gasteiger partial charge >= 0.3 is 0 Å². The maximum atomic E-state index is 12.9. The summed E-state index contributed by atoms with van der Waals surface area (Å²) in [5.74, 6) is 0.767. The van der Waals surface area contributed by atoms with E-state index in [2.05, 4.69) is 20.8 Å². The van der Waals surface area contributed by atoms with Gasteiger partial charge in [-0.25, -0.2) is 0 Å². The quantitative estimate of drug-likeness (QED) is 0.418. The fourth-order valence-electron chi connectivity index (χ4n) is 3.60. The van der Waals surface area contributed by atoms with Gasteiger partial charge in [0.15, 0.2) is 11.0 Å². The number of aryl methyl sites for hydroxylation is 2. The van der Waals surface area contributed by atoms with Crippen LogP contribution in [0.25, 0.3) is 0 Å². The van der Waals surface area contributed by atoms with Crippen LogP contribution in [-0.4, -0.2) is 32.3 Å². The maximum absolute atomic E-state index is 12.9. The van der Waals surface area contributed by atoms with Crippen LogP contribution < -0.4 is 10.6 Å². The van der Waals surface area contributed by atoms with Crippen molar-refractivity contribution in [2.24, 2.45) is 5.92 Å². The van der Waals surface area contributed by atoms with E-state index >= 15 is 0 Å². The van der Waals surface area contributed by atoms with Crippen LogP contribution in [0.2, 0.25) is 0 Å². The molecule has 2 N–H and O–H groups in total. The molecule has 1 heterocycles. The van der Waals surface area contributed by atoms with Crippen molar-refractivity contribution in [3.05, 3.63) is 70.5 Å². The van der Waals surface area contributed by atoms with Gasteiger partial charge in [-0.1, -0.05) is 55.4 Å². The highest BCUT2D eigenvalue weighted by atomic mass is 32.2. The number of amides is 2. The lowest BCUT2D eigenvalue weighted by Gasteiger charge is -2.22. The minimum absolute atomic E-state index is 0.0982. The van der Waals surface area contributed by atoms with Crippen molar-refractivity contribution in [2.45, 2.75) is 59.3 Å². The standard InChI is InChI=1S/C26H33N5O2S/c1-7-31-24(23(16(2)3)28-25(33)20-13-11-17(4)12-14-20)29-30-26(31)34-15-22(32)27-21-10-8-9-18(5)19(21)6/h8-14,16,23H,7,15H2,1-6H3,(H,27,32)(H,28,33)/t23-/m0/s1. The minimum Gasteiger partial charge on any atom is -0.342 e. The molecule has 3 aromatic rings. The van der Waals surface area contributed by atoms with Crippen LogP contribution in [0.1, 0.15) is 59.7 Å². The molecule has 8 heteroatoms. The van der Waals surface area contributed by atoms with Gasteiger partial charge < -0.3 is 15.2 Å². The summed E-state index contributed by atoms with van der Waals surface area (Å²) in [4.78, 5) is 25.4. The molecule has 0 saturated heterocycles. The first-order valence-corrected chi connectivity index (χ1v) is 12.5. The Morgan fingerprint density at radius 3 is 2.38 bits per heavy atom. The zero-order valence-electron chi connectivity index (χ0n) is 20.7. The molecule has 0 unspecified atom stereocenters. The number of aromatic nitrogens is 3. The fraction of sp³-hybridized carbons (Fsp3) is 0.385. The van der Waals surface area contributed by atoms with Gasteiger partial charge in [-0.2, -0.15) is 0 Å². The summed E-state index contributed by atoms with van der Waals surface area (Å²) >= 11 is 1.34. The molecule has 0 aliphatic rings. The number of nitrogens with one attached hydrogen (secondary N) is 2. The molecule has 0 radical (unpaired) electrons. The molecule has 1 aromatic heterocycles. The van der Waals surface area contributed by atoms with Crippen LogP contribution in [0, 0.1) is 26.7 Å². The third-order valence-electron chi connectivity index (χ3n) is 5.82. The first-order chi connectivity index (χ1) is 16.2. The molecule has 180 valence electrons. The van der Waals surface area contributed by atoms with Gasteiger partial charge in [0.1, 0.15) is 0 Å². The zero-order valence-corrected chi connectivity index (χ0v) is 21.5. The van der Waals surface area contributed by atoms with E-state index in [-0.39, 0.29) is 29.5 Å². The molecule has 34 heavy (non-hydrogen) atoms. The van der Waals surface area contributed by atoms with E-state index in [0.29, 0.717) is 23.1 Å². The molecule has 0 bridgehead atoms. The Hall–Kier alpha value is -3.13. The van der Waals surface area contributed by atoms with Gasteiger partial charge in [-0.3, -0.25) is 9.59 Å². The van der Waals surface area contributed by atoms with Crippen LogP contribution >= 0.6 is 11.8 Å². The highest BCUT2D eigenvalue weighted by molar-refractivity contribution is 7.99. The number of hydrogen-bond donors (Lipinski definition) is 2. The lowest BCUT2D eigenvalue weighted by Crippen LogP contribution is -2.33. The van der Waals surface area contributed by atoms with Crippen LogP contribution in [0.4, 0.5) is 5.69 Å². The van der Waals surface area contributed by atoms with Gasteiger partial charge in [-0.15, -0.1) is 10.2 Å². The summed E-state index contributed by atoms with van der Waals surface area (Å²) in [6.45, 7) is 12.7. The van der Waals surface area contributed by atoms with Crippen molar-refractivity contribution in [3.8, 4) is 0 Å². The highest BCUT2D eigenvalue weighted by Gasteiger charge is 2.26. The van der Waals surface area contributed by atoms with Crippen molar-refractivity contribution in [2.75, 3.05) is 11.1 Å². The average Bonchev–Trinajstić information content (AvgIpc) is 3.21. The van der Waals surface area contributed by atoms with E-state index in [9.17, 15) is 9.59 Å². The molecule has 0 aliphatic carbocycles. The Bertz CT molecular complexity index is 1150. The number of benzene rings is 2. The minimum atomic E-state index is -0.306. The Morgan fingerprint density at radius 1 is 1.03 bits per heavy atom. The zero-order chi connectivity index (χ0) is 24.8. The van der Waals surface area contributed by atoms with Crippen molar-refractivity contribution in [1.82, 2.24) is 20.1 Å². The Morgan fingerprint density at radius 2 is 1.74 bits per heavy atom. The van der Waals surface area contributed by atoms with Crippen molar-refractivity contribution in [1.29, 1.82) is 0 Å². The van der Waals surface area contributed by atoms with Gasteiger partial charge in [0.05, 0.1) is 11.8 Å². The van der Waals surface area contributed by atoms with Gasteiger partial charge in [0, 0.05) is 17.8 Å². The summed E-state index contributed by atoms with van der Waals surface area (Å²) in [5, 5.41) is 15.5. The second-order valence-electron chi connectivity index (χ2n) is 8.73. The molecule has 0 spiro atoms. The smallest absolute Gasteiger partial charge is 0.251 e. The molecule has 0 aliphatic heterocycles. The van der Waals surface area contributed by atoms with Crippen LogP contribution in [-0.2, 0) is 11.3 Å². The second-order valence-corrected chi connectivity index (χ2v) is 9.67. The van der Waals surface area contributed by atoms with Gasteiger partial charge in [0.25, 0.3) is 5.91 Å². The van der Waals surface area contributed by atoms with E-state index in [1.165, 1.54) is 11.8 Å². The number of anilines is 1. The third-order valence-corrected chi connectivity index (χ3v) is 6.78. The van der Waals surface area contributed by atoms with E-state index < -0.39 is 0 Å². The molecule has 3 rings (SSSR count). The summed E-state index contributed by atoms with van der Waals surface area (Å²) in [6, 6.07) is 13.0. The van der Waals surface area contributed by atoms with E-state index in [1.54, 1.807) is 0 Å². The van der Waals surface area contributed by atoms with E-state index in [1.807, 2.05) is 88.6 Å². The summed E-state index contributed by atoms with van der Waals surface area (Å²) in [7, 11) is 0. The normalized spacial score (nSPS) is 12.0. The molecule has 2 aromatic carbocycles. The predicted molar refractivity (Wildman–Crippen MR) is 137 cm³/mol. The van der Waals surface area contributed by atoms with Crippen LogP contribution in [0.5, 0.6) is 0 Å². The topological polar surface area (TPSA) is 88.9 Å². The first kappa shape index (κ1) is 25.5. The third kappa shape index (κ3) is 6.05. The second kappa shape index (κ2) is 11.3. The van der Waals surface area contributed by atoms with E-state index in [0.717, 1.165) is 22.4 Å². The highest BCUT2D eigenvalue weighted by Crippen LogP contribution is 2.26. The van der Waals surface area contributed by atoms with Crippen LogP contribution in [0.15, 0.2) is 47.6 Å². The molecule has 0 saturated carbocycles. The Kier molecular flexibility index (Phi) is 8.50. The maximum Gasteiger partial charge on any atom is 0.251 e. The summed E-state index contributed by atoms with van der Waals surface area (Å²) in [6.07, 6.45) is 0. The Balaban J connectivity index is 1.72. The number of hydrogen-bond acceptors (Lipinski definition) is 5. The van der Waals surface area contributed by atoms with Crippen molar-refractivity contribution >= 4 is 29.3 Å². The number of thioether (sulfide) groups is 1. The lowest BCUT2D eigenvalue weighted by atomic mass is 10.0. The fourth-order valence-corrected chi connectivity index (χ4v) is 4.41. The molecule has 7 nitrogen and oxygen atoms in total. The van der Waals surface area contributed by atoms with Gasteiger partial charge in [-0.05, 0) is 62.9 Å². The average molecular weight is 480 g/mol. The molecule has 2 amide bonds. The number of rotatable bonds is 9. The Labute approximate surface area is 205 Å². The molecule has 1 atom stereocenters. The SMILES string of the molecule is CCn1c(SCC(=O)Nc2cccc(C)c2C)nnc1[C@@H](NC(=O)c1ccc(C)cc1)C(C)C. The first-order valence-electron chi connectivity index (χ1n) is 11.5. The summed E-state index contributed by atoms with van der Waals surface area (Å²) in [5.41, 5.74) is 4.72. The van der Waals surface area contributed by atoms with Gasteiger partial charge in [0.2, 0.25) is 5.91 Å². The number of carbonyl (C=O) groups is 2. The molecular formula is C26H33N5O2S. The summed E-state index contributed by atoms with van der Waals surface area (Å²) < 4.78 is 1.97. The largest absolute Gasteiger partial charge is 0.342 e. The molecular weight excluding hydrogens is 446 g/mol. The van der Waals surface area contributed by atoms with Crippen LogP contribution in [0.3, 0.4) is 0 Å². The van der Waals surface area contributed by atoms with Crippen molar-refractivity contribution in [3.63, 3.8) is 0 Å². The van der Waals surface area contributed by atoms with E-state index in [4.69, 9.17) is 0 Å². The monoisotopic (exact) mass is 479 g/mol. The lowest BCUT2D eigenvalue weighted by molar-refractivity contribution is -0.113. The number of nitrogens with zero attached hydrogens (tertiary/aromatic N) is 3. The number of carbonyl (C=O) groups excluding carboxylic acids is 2. The predicted octanol–water partition coefficient (Wildman–Crippen LogP) is 5.08. The molecule has 0 fully saturated rings. The van der Waals surface area contributed by atoms with Crippen molar-refractivity contribution < 1.29 is 9.59 Å².